The van der Waals surface area contributed by atoms with Gasteiger partial charge in [0.1, 0.15) is 0 Å². The zero-order chi connectivity index (χ0) is 12.0. The fourth-order valence-corrected chi connectivity index (χ4v) is 1.53. The largest absolute Gasteiger partial charge is 0.380 e. The van der Waals surface area contributed by atoms with Crippen LogP contribution in [0.2, 0.25) is 0 Å². The second-order valence-corrected chi connectivity index (χ2v) is 4.55. The molecule has 0 spiro atoms. The Kier molecular flexibility index (Phi) is 5.32. The van der Waals surface area contributed by atoms with E-state index in [4.69, 9.17) is 4.74 Å². The van der Waals surface area contributed by atoms with Crippen LogP contribution in [-0.4, -0.2) is 29.0 Å². The van der Waals surface area contributed by atoms with Crippen LogP contribution in [0.15, 0.2) is 12.4 Å². The fourth-order valence-electron chi connectivity index (χ4n) is 1.53. The van der Waals surface area contributed by atoms with Gasteiger partial charge in [0.15, 0.2) is 0 Å². The Labute approximate surface area is 98.0 Å². The lowest BCUT2D eigenvalue weighted by atomic mass is 10.2. The van der Waals surface area contributed by atoms with Gasteiger partial charge in [-0.25, -0.2) is 0 Å². The average Bonchev–Trinajstić information content (AvgIpc) is 2.61. The van der Waals surface area contributed by atoms with Crippen LogP contribution in [0, 0.1) is 5.92 Å². The molecule has 0 aliphatic heterocycles. The Morgan fingerprint density at radius 3 is 2.81 bits per heavy atom. The van der Waals surface area contributed by atoms with E-state index in [0.29, 0.717) is 12.0 Å². The Morgan fingerprint density at radius 2 is 2.19 bits per heavy atom. The van der Waals surface area contributed by atoms with E-state index in [-0.39, 0.29) is 0 Å². The van der Waals surface area contributed by atoms with Gasteiger partial charge in [0, 0.05) is 25.4 Å². The van der Waals surface area contributed by atoms with Crippen LogP contribution >= 0.6 is 0 Å². The van der Waals surface area contributed by atoms with Crippen molar-refractivity contribution in [2.24, 2.45) is 5.92 Å². The van der Waals surface area contributed by atoms with Crippen LogP contribution < -0.4 is 5.32 Å². The molecule has 1 aromatic rings. The third kappa shape index (κ3) is 4.66. The number of nitrogens with zero attached hydrogens (tertiary/aromatic N) is 2. The molecule has 0 saturated heterocycles. The monoisotopic (exact) mass is 225 g/mol. The molecule has 0 aromatic carbocycles. The van der Waals surface area contributed by atoms with Crippen LogP contribution in [0.5, 0.6) is 0 Å². The summed E-state index contributed by atoms with van der Waals surface area (Å²) in [6.07, 6.45) is 3.91. The van der Waals surface area contributed by atoms with Crippen molar-refractivity contribution >= 4 is 5.69 Å². The van der Waals surface area contributed by atoms with E-state index >= 15 is 0 Å². The lowest BCUT2D eigenvalue weighted by Gasteiger charge is -2.12. The molecule has 92 valence electrons. The molecular formula is C12H23N3O. The second-order valence-electron chi connectivity index (χ2n) is 4.55. The normalized spacial score (nSPS) is 13.1. The molecule has 16 heavy (non-hydrogen) atoms. The zero-order valence-corrected chi connectivity index (χ0v) is 10.7. The van der Waals surface area contributed by atoms with Gasteiger partial charge in [-0.2, -0.15) is 5.10 Å². The van der Waals surface area contributed by atoms with Gasteiger partial charge in [-0.05, 0) is 19.8 Å². The number of aromatic nitrogens is 2. The number of rotatable bonds is 7. The number of ether oxygens (including phenoxy) is 1. The Bertz CT molecular complexity index is 296. The molecule has 0 radical (unpaired) electrons. The van der Waals surface area contributed by atoms with Crippen molar-refractivity contribution in [2.75, 3.05) is 18.5 Å². The van der Waals surface area contributed by atoms with Crippen LogP contribution in [0.3, 0.4) is 0 Å². The summed E-state index contributed by atoms with van der Waals surface area (Å²) >= 11 is 0. The minimum atomic E-state index is 0.316. The standard InChI is InChI=1S/C12H23N3O/c1-5-16-9-11(4)14-12-6-13-15(8-12)7-10(2)3/h6,8,10-11,14H,5,7,9H2,1-4H3. The molecule has 0 aliphatic rings. The molecule has 0 bridgehead atoms. The van der Waals surface area contributed by atoms with Gasteiger partial charge < -0.3 is 10.1 Å². The zero-order valence-electron chi connectivity index (χ0n) is 10.7. The van der Waals surface area contributed by atoms with Crippen molar-refractivity contribution in [1.29, 1.82) is 0 Å². The molecule has 4 nitrogen and oxygen atoms in total. The van der Waals surface area contributed by atoms with Crippen LogP contribution in [0.1, 0.15) is 27.7 Å². The smallest absolute Gasteiger partial charge is 0.0729 e. The van der Waals surface area contributed by atoms with E-state index in [1.807, 2.05) is 24.0 Å². The van der Waals surface area contributed by atoms with Crippen LogP contribution in [0.4, 0.5) is 5.69 Å². The summed E-state index contributed by atoms with van der Waals surface area (Å²) in [7, 11) is 0. The third-order valence-corrected chi connectivity index (χ3v) is 2.17. The van der Waals surface area contributed by atoms with Crippen molar-refractivity contribution in [3.8, 4) is 0 Å². The molecule has 1 unspecified atom stereocenters. The highest BCUT2D eigenvalue weighted by atomic mass is 16.5. The molecule has 0 saturated carbocycles. The topological polar surface area (TPSA) is 39.1 Å². The summed E-state index contributed by atoms with van der Waals surface area (Å²) in [6, 6.07) is 0.316. The predicted octanol–water partition coefficient (Wildman–Crippen LogP) is 2.38. The third-order valence-electron chi connectivity index (χ3n) is 2.17. The van der Waals surface area contributed by atoms with Crippen molar-refractivity contribution < 1.29 is 4.74 Å². The van der Waals surface area contributed by atoms with Gasteiger partial charge in [0.05, 0.1) is 18.5 Å². The van der Waals surface area contributed by atoms with E-state index < -0.39 is 0 Å². The molecular weight excluding hydrogens is 202 g/mol. The molecule has 1 atom stereocenters. The van der Waals surface area contributed by atoms with E-state index in [0.717, 1.165) is 25.4 Å². The highest BCUT2D eigenvalue weighted by Gasteiger charge is 2.04. The molecule has 1 N–H and O–H groups in total. The highest BCUT2D eigenvalue weighted by Crippen LogP contribution is 2.08. The van der Waals surface area contributed by atoms with Crippen LogP contribution in [-0.2, 0) is 11.3 Å². The van der Waals surface area contributed by atoms with E-state index in [1.54, 1.807) is 0 Å². The maximum atomic E-state index is 5.35. The SMILES string of the molecule is CCOCC(C)Nc1cnn(CC(C)C)c1. The molecule has 1 rings (SSSR count). The summed E-state index contributed by atoms with van der Waals surface area (Å²) in [5, 5.41) is 7.67. The minimum Gasteiger partial charge on any atom is -0.380 e. The van der Waals surface area contributed by atoms with Crippen molar-refractivity contribution in [2.45, 2.75) is 40.3 Å². The van der Waals surface area contributed by atoms with Gasteiger partial charge in [-0.15, -0.1) is 0 Å². The van der Waals surface area contributed by atoms with Gasteiger partial charge >= 0.3 is 0 Å². The molecule has 1 heterocycles. The first kappa shape index (κ1) is 13.0. The summed E-state index contributed by atoms with van der Waals surface area (Å²) in [5.74, 6) is 0.619. The van der Waals surface area contributed by atoms with Crippen molar-refractivity contribution in [1.82, 2.24) is 9.78 Å². The van der Waals surface area contributed by atoms with Gasteiger partial charge in [-0.3, -0.25) is 4.68 Å². The predicted molar refractivity (Wildman–Crippen MR) is 66.6 cm³/mol. The van der Waals surface area contributed by atoms with Gasteiger partial charge in [0.2, 0.25) is 0 Å². The molecule has 0 aliphatic carbocycles. The summed E-state index contributed by atoms with van der Waals surface area (Å²) in [4.78, 5) is 0. The lowest BCUT2D eigenvalue weighted by molar-refractivity contribution is 0.141. The van der Waals surface area contributed by atoms with E-state index in [1.165, 1.54) is 0 Å². The van der Waals surface area contributed by atoms with Gasteiger partial charge in [0.25, 0.3) is 0 Å². The lowest BCUT2D eigenvalue weighted by Crippen LogP contribution is -2.21. The highest BCUT2D eigenvalue weighted by molar-refractivity contribution is 5.39. The molecule has 4 heteroatoms. The number of nitrogens with one attached hydrogen (secondary N) is 1. The summed E-state index contributed by atoms with van der Waals surface area (Å²) in [5.41, 5.74) is 1.06. The first-order chi connectivity index (χ1) is 7.61. The summed E-state index contributed by atoms with van der Waals surface area (Å²) in [6.45, 7) is 10.9. The minimum absolute atomic E-state index is 0.316. The van der Waals surface area contributed by atoms with E-state index in [9.17, 15) is 0 Å². The first-order valence-corrected chi connectivity index (χ1v) is 5.98. The Hall–Kier alpha value is -1.03. The quantitative estimate of drug-likeness (QED) is 0.774. The maximum absolute atomic E-state index is 5.35. The molecule has 0 fully saturated rings. The number of anilines is 1. The van der Waals surface area contributed by atoms with Crippen molar-refractivity contribution in [3.05, 3.63) is 12.4 Å². The van der Waals surface area contributed by atoms with E-state index in [2.05, 4.69) is 31.2 Å². The van der Waals surface area contributed by atoms with Crippen molar-refractivity contribution in [3.63, 3.8) is 0 Å². The second kappa shape index (κ2) is 6.53. The fraction of sp³-hybridized carbons (Fsp3) is 0.750. The number of hydrogen-bond donors (Lipinski definition) is 1. The number of hydrogen-bond acceptors (Lipinski definition) is 3. The Morgan fingerprint density at radius 1 is 1.44 bits per heavy atom. The first-order valence-electron chi connectivity index (χ1n) is 5.98. The van der Waals surface area contributed by atoms with Crippen LogP contribution in [0.25, 0.3) is 0 Å². The maximum Gasteiger partial charge on any atom is 0.0729 e. The Balaban J connectivity index is 2.39. The average molecular weight is 225 g/mol. The molecule has 1 aromatic heterocycles. The summed E-state index contributed by atoms with van der Waals surface area (Å²) < 4.78 is 7.32. The molecule has 0 amide bonds. The van der Waals surface area contributed by atoms with Gasteiger partial charge in [-0.1, -0.05) is 13.8 Å².